The van der Waals surface area contributed by atoms with Crippen LogP contribution in [0.5, 0.6) is 0 Å². The fraction of sp³-hybridized carbons (Fsp3) is 0.333. The van der Waals surface area contributed by atoms with E-state index in [1.807, 2.05) is 19.1 Å². The molecule has 0 saturated carbocycles. The Labute approximate surface area is 99.4 Å². The van der Waals surface area contributed by atoms with Crippen LogP contribution in [0.1, 0.15) is 28.8 Å². The molecule has 5 nitrogen and oxygen atoms in total. The zero-order chi connectivity index (χ0) is 12.7. The number of nitrogens with one attached hydrogen (secondary N) is 1. The summed E-state index contributed by atoms with van der Waals surface area (Å²) in [6.45, 7) is 2.12. The fourth-order valence-corrected chi connectivity index (χ4v) is 1.18. The number of benzene rings is 1. The molecule has 1 amide bonds. The average Bonchev–Trinajstić information content (AvgIpc) is 2.29. The Bertz CT molecular complexity index is 386. The van der Waals surface area contributed by atoms with Gasteiger partial charge in [-0.2, -0.15) is 0 Å². The maximum absolute atomic E-state index is 11.5. The Kier molecular flexibility index (Phi) is 5.16. The van der Waals surface area contributed by atoms with Crippen LogP contribution in [-0.2, 0) is 9.63 Å². The standard InChI is InChI=1S/C12H15NO4/c1-9-4-6-10(7-5-9)12(16)13-17-8-2-3-11(14)15/h4-7H,2-3,8H2,1H3,(H,13,16)(H,14,15). The van der Waals surface area contributed by atoms with Gasteiger partial charge in [0.1, 0.15) is 0 Å². The number of carbonyl (C=O) groups excluding carboxylic acids is 1. The predicted octanol–water partition coefficient (Wildman–Crippen LogP) is 1.52. The molecule has 0 saturated heterocycles. The molecule has 0 atom stereocenters. The minimum atomic E-state index is -0.876. The second-order valence-corrected chi connectivity index (χ2v) is 3.64. The first-order valence-electron chi connectivity index (χ1n) is 5.30. The largest absolute Gasteiger partial charge is 0.481 e. The molecule has 0 spiro atoms. The maximum Gasteiger partial charge on any atom is 0.303 e. The van der Waals surface area contributed by atoms with Gasteiger partial charge in [-0.1, -0.05) is 17.7 Å². The van der Waals surface area contributed by atoms with E-state index in [1.54, 1.807) is 12.1 Å². The van der Waals surface area contributed by atoms with Crippen LogP contribution in [0.3, 0.4) is 0 Å². The first-order chi connectivity index (χ1) is 8.09. The van der Waals surface area contributed by atoms with Crippen LogP contribution in [0.4, 0.5) is 0 Å². The van der Waals surface area contributed by atoms with Crippen LogP contribution in [0.2, 0.25) is 0 Å². The van der Waals surface area contributed by atoms with Crippen LogP contribution in [-0.4, -0.2) is 23.6 Å². The lowest BCUT2D eigenvalue weighted by atomic mass is 10.1. The van der Waals surface area contributed by atoms with E-state index in [2.05, 4.69) is 5.48 Å². The summed E-state index contributed by atoms with van der Waals surface area (Å²) in [6, 6.07) is 7.06. The zero-order valence-electron chi connectivity index (χ0n) is 9.60. The molecule has 0 aliphatic carbocycles. The summed E-state index contributed by atoms with van der Waals surface area (Å²) in [4.78, 5) is 26.6. The van der Waals surface area contributed by atoms with Gasteiger partial charge in [0.15, 0.2) is 0 Å². The van der Waals surface area contributed by atoms with Crippen molar-refractivity contribution in [3.8, 4) is 0 Å². The van der Waals surface area contributed by atoms with Gasteiger partial charge in [0.05, 0.1) is 6.61 Å². The third-order valence-corrected chi connectivity index (χ3v) is 2.12. The second-order valence-electron chi connectivity index (χ2n) is 3.64. The summed E-state index contributed by atoms with van der Waals surface area (Å²) in [6.07, 6.45) is 0.393. The quantitative estimate of drug-likeness (QED) is 0.581. The van der Waals surface area contributed by atoms with Gasteiger partial charge in [0.2, 0.25) is 0 Å². The Morgan fingerprint density at radius 1 is 1.29 bits per heavy atom. The smallest absolute Gasteiger partial charge is 0.303 e. The SMILES string of the molecule is Cc1ccc(C(=O)NOCCCC(=O)O)cc1. The van der Waals surface area contributed by atoms with Gasteiger partial charge in [0, 0.05) is 12.0 Å². The fourth-order valence-electron chi connectivity index (χ4n) is 1.18. The van der Waals surface area contributed by atoms with Crippen LogP contribution in [0, 0.1) is 6.92 Å². The summed E-state index contributed by atoms with van der Waals surface area (Å²) in [5, 5.41) is 8.38. The van der Waals surface area contributed by atoms with E-state index in [4.69, 9.17) is 9.94 Å². The molecule has 1 aromatic rings. The lowest BCUT2D eigenvalue weighted by Gasteiger charge is -2.05. The molecule has 2 N–H and O–H groups in total. The molecule has 0 aliphatic heterocycles. The topological polar surface area (TPSA) is 75.6 Å². The van der Waals surface area contributed by atoms with Gasteiger partial charge in [-0.05, 0) is 25.5 Å². The Morgan fingerprint density at radius 3 is 2.53 bits per heavy atom. The van der Waals surface area contributed by atoms with E-state index in [0.29, 0.717) is 12.0 Å². The Balaban J connectivity index is 2.25. The molecule has 17 heavy (non-hydrogen) atoms. The van der Waals surface area contributed by atoms with Gasteiger partial charge in [-0.3, -0.25) is 14.4 Å². The van der Waals surface area contributed by atoms with Crippen molar-refractivity contribution in [2.75, 3.05) is 6.61 Å². The average molecular weight is 237 g/mol. The lowest BCUT2D eigenvalue weighted by molar-refractivity contribution is -0.137. The number of aryl methyl sites for hydroxylation is 1. The van der Waals surface area contributed by atoms with E-state index in [0.717, 1.165) is 5.56 Å². The zero-order valence-corrected chi connectivity index (χ0v) is 9.60. The summed E-state index contributed by atoms with van der Waals surface area (Å²) in [5.74, 6) is -1.21. The molecule has 0 fully saturated rings. The van der Waals surface area contributed by atoms with E-state index in [-0.39, 0.29) is 18.9 Å². The van der Waals surface area contributed by atoms with Crippen molar-refractivity contribution in [1.29, 1.82) is 0 Å². The molecule has 5 heteroatoms. The minimum Gasteiger partial charge on any atom is -0.481 e. The number of aliphatic carboxylic acids is 1. The van der Waals surface area contributed by atoms with Crippen LogP contribution in [0.15, 0.2) is 24.3 Å². The Morgan fingerprint density at radius 2 is 1.94 bits per heavy atom. The number of hydroxylamine groups is 1. The van der Waals surface area contributed by atoms with E-state index < -0.39 is 5.97 Å². The summed E-state index contributed by atoms with van der Waals surface area (Å²) >= 11 is 0. The molecule has 92 valence electrons. The van der Waals surface area contributed by atoms with Crippen molar-refractivity contribution in [1.82, 2.24) is 5.48 Å². The number of carbonyl (C=O) groups is 2. The molecule has 0 aliphatic rings. The maximum atomic E-state index is 11.5. The van der Waals surface area contributed by atoms with Gasteiger partial charge in [-0.15, -0.1) is 0 Å². The van der Waals surface area contributed by atoms with Crippen LogP contribution >= 0.6 is 0 Å². The molecular weight excluding hydrogens is 222 g/mol. The number of rotatable bonds is 6. The number of amides is 1. The molecule has 0 unspecified atom stereocenters. The highest BCUT2D eigenvalue weighted by Gasteiger charge is 2.04. The van der Waals surface area contributed by atoms with Gasteiger partial charge in [0.25, 0.3) is 5.91 Å². The van der Waals surface area contributed by atoms with Crippen molar-refractivity contribution >= 4 is 11.9 Å². The first kappa shape index (κ1) is 13.2. The van der Waals surface area contributed by atoms with Gasteiger partial charge in [-0.25, -0.2) is 5.48 Å². The van der Waals surface area contributed by atoms with E-state index in [1.165, 1.54) is 0 Å². The van der Waals surface area contributed by atoms with Gasteiger partial charge >= 0.3 is 5.97 Å². The monoisotopic (exact) mass is 237 g/mol. The highest BCUT2D eigenvalue weighted by molar-refractivity contribution is 5.93. The second kappa shape index (κ2) is 6.65. The van der Waals surface area contributed by atoms with Crippen molar-refractivity contribution in [2.45, 2.75) is 19.8 Å². The van der Waals surface area contributed by atoms with Crippen molar-refractivity contribution < 1.29 is 19.5 Å². The third-order valence-electron chi connectivity index (χ3n) is 2.12. The van der Waals surface area contributed by atoms with Gasteiger partial charge < -0.3 is 5.11 Å². The number of carboxylic acids is 1. The van der Waals surface area contributed by atoms with Crippen LogP contribution in [0.25, 0.3) is 0 Å². The summed E-state index contributed by atoms with van der Waals surface area (Å²) in [7, 11) is 0. The van der Waals surface area contributed by atoms with Crippen molar-refractivity contribution in [3.63, 3.8) is 0 Å². The van der Waals surface area contributed by atoms with Crippen LogP contribution < -0.4 is 5.48 Å². The number of hydrogen-bond acceptors (Lipinski definition) is 3. The lowest BCUT2D eigenvalue weighted by Crippen LogP contribution is -2.24. The highest BCUT2D eigenvalue weighted by atomic mass is 16.6. The van der Waals surface area contributed by atoms with Crippen molar-refractivity contribution in [2.24, 2.45) is 0 Å². The number of carboxylic acid groups (broad SMARTS) is 1. The normalized spacial score (nSPS) is 9.94. The van der Waals surface area contributed by atoms with Crippen molar-refractivity contribution in [3.05, 3.63) is 35.4 Å². The summed E-state index contributed by atoms with van der Waals surface area (Å²) in [5.41, 5.74) is 3.84. The third kappa shape index (κ3) is 5.12. The summed E-state index contributed by atoms with van der Waals surface area (Å²) < 4.78 is 0. The Hall–Kier alpha value is -1.88. The van der Waals surface area contributed by atoms with E-state index >= 15 is 0 Å². The predicted molar refractivity (Wildman–Crippen MR) is 61.5 cm³/mol. The molecule has 1 aromatic carbocycles. The van der Waals surface area contributed by atoms with E-state index in [9.17, 15) is 9.59 Å². The minimum absolute atomic E-state index is 0.0282. The molecular formula is C12H15NO4. The first-order valence-corrected chi connectivity index (χ1v) is 5.30. The number of hydrogen-bond donors (Lipinski definition) is 2. The molecule has 0 aromatic heterocycles. The molecule has 0 heterocycles. The highest BCUT2D eigenvalue weighted by Crippen LogP contribution is 2.02. The molecule has 1 rings (SSSR count). The molecule has 0 bridgehead atoms. The molecule has 0 radical (unpaired) electrons.